The summed E-state index contributed by atoms with van der Waals surface area (Å²) in [5, 5.41) is 3.78. The Hall–Kier alpha value is -2.95. The maximum atomic E-state index is 12.1. The number of amides is 1. The van der Waals surface area contributed by atoms with Crippen LogP contribution in [0.3, 0.4) is 0 Å². The first-order chi connectivity index (χ1) is 10.6. The Bertz CT molecular complexity index is 894. The fourth-order valence-electron chi connectivity index (χ4n) is 2.33. The van der Waals surface area contributed by atoms with E-state index in [1.165, 1.54) is 6.07 Å². The molecule has 2 aromatic heterocycles. The number of nitrogens with zero attached hydrogens (tertiary/aromatic N) is 1. The number of aryl methyl sites for hydroxylation is 1. The molecule has 0 spiro atoms. The van der Waals surface area contributed by atoms with Gasteiger partial charge in [0, 0.05) is 23.8 Å². The van der Waals surface area contributed by atoms with E-state index in [-0.39, 0.29) is 11.1 Å². The molecule has 0 aliphatic rings. The van der Waals surface area contributed by atoms with Gasteiger partial charge in [-0.1, -0.05) is 24.3 Å². The summed E-state index contributed by atoms with van der Waals surface area (Å²) in [4.78, 5) is 30.9. The highest BCUT2D eigenvalue weighted by Crippen LogP contribution is 2.15. The largest absolute Gasteiger partial charge is 0.348 e. The quantitative estimate of drug-likeness (QED) is 0.777. The van der Waals surface area contributed by atoms with E-state index in [1.54, 1.807) is 19.2 Å². The molecule has 1 aromatic carbocycles. The summed E-state index contributed by atoms with van der Waals surface area (Å²) in [6.45, 7) is 2.09. The molecule has 5 heteroatoms. The van der Waals surface area contributed by atoms with E-state index in [0.29, 0.717) is 6.54 Å². The van der Waals surface area contributed by atoms with Crippen molar-refractivity contribution in [2.75, 3.05) is 0 Å². The second kappa shape index (κ2) is 5.81. The van der Waals surface area contributed by atoms with Crippen molar-refractivity contribution in [3.63, 3.8) is 0 Å². The molecule has 0 fully saturated rings. The third-order valence-corrected chi connectivity index (χ3v) is 3.46. The van der Waals surface area contributed by atoms with Gasteiger partial charge in [-0.3, -0.25) is 14.6 Å². The summed E-state index contributed by atoms with van der Waals surface area (Å²) in [6.07, 6.45) is 1.72. The van der Waals surface area contributed by atoms with E-state index in [1.807, 2.05) is 30.3 Å². The van der Waals surface area contributed by atoms with Crippen LogP contribution < -0.4 is 10.9 Å². The highest BCUT2D eigenvalue weighted by atomic mass is 16.2. The lowest BCUT2D eigenvalue weighted by Gasteiger charge is -2.07. The summed E-state index contributed by atoms with van der Waals surface area (Å²) >= 11 is 0. The fraction of sp³-hybridized carbons (Fsp3) is 0.118. The van der Waals surface area contributed by atoms with Crippen molar-refractivity contribution >= 4 is 16.8 Å². The molecule has 0 aliphatic carbocycles. The third-order valence-electron chi connectivity index (χ3n) is 3.46. The van der Waals surface area contributed by atoms with Crippen LogP contribution in [0.5, 0.6) is 0 Å². The number of carbonyl (C=O) groups excluding carboxylic acids is 1. The molecule has 0 unspecified atom stereocenters. The Kier molecular flexibility index (Phi) is 3.70. The standard InChI is InChI=1S/C17H15N3O2/c1-11-7-8-14(17(22)20-11)16(21)19-10-13-5-2-4-12-6-3-9-18-15(12)13/h2-9H,10H2,1H3,(H,19,21)(H,20,22). The molecule has 3 rings (SSSR count). The van der Waals surface area contributed by atoms with Crippen LogP contribution in [-0.2, 0) is 6.54 Å². The summed E-state index contributed by atoms with van der Waals surface area (Å²) in [5.41, 5.74) is 2.21. The number of aromatic nitrogens is 2. The van der Waals surface area contributed by atoms with E-state index < -0.39 is 5.91 Å². The van der Waals surface area contributed by atoms with E-state index in [2.05, 4.69) is 15.3 Å². The van der Waals surface area contributed by atoms with E-state index in [9.17, 15) is 9.59 Å². The van der Waals surface area contributed by atoms with Gasteiger partial charge in [-0.05, 0) is 30.7 Å². The van der Waals surface area contributed by atoms with Crippen LogP contribution in [0, 0.1) is 6.92 Å². The summed E-state index contributed by atoms with van der Waals surface area (Å²) in [6, 6.07) is 12.9. The minimum atomic E-state index is -0.394. The first-order valence-electron chi connectivity index (χ1n) is 6.96. The van der Waals surface area contributed by atoms with Crippen LogP contribution in [0.4, 0.5) is 0 Å². The topological polar surface area (TPSA) is 74.8 Å². The number of H-pyrrole nitrogens is 1. The minimum absolute atomic E-state index is 0.110. The van der Waals surface area contributed by atoms with Gasteiger partial charge in [0.15, 0.2) is 0 Å². The van der Waals surface area contributed by atoms with Gasteiger partial charge in [-0.2, -0.15) is 0 Å². The maximum Gasteiger partial charge on any atom is 0.260 e. The van der Waals surface area contributed by atoms with Gasteiger partial charge in [-0.25, -0.2) is 0 Å². The molecule has 0 saturated heterocycles. The normalized spacial score (nSPS) is 10.6. The molecule has 3 aromatic rings. The highest BCUT2D eigenvalue weighted by molar-refractivity contribution is 5.94. The lowest BCUT2D eigenvalue weighted by atomic mass is 10.1. The number of para-hydroxylation sites is 1. The van der Waals surface area contributed by atoms with Gasteiger partial charge >= 0.3 is 0 Å². The van der Waals surface area contributed by atoms with Crippen LogP contribution in [0.2, 0.25) is 0 Å². The van der Waals surface area contributed by atoms with Crippen molar-refractivity contribution in [2.24, 2.45) is 0 Å². The number of benzene rings is 1. The van der Waals surface area contributed by atoms with Gasteiger partial charge in [0.25, 0.3) is 11.5 Å². The summed E-state index contributed by atoms with van der Waals surface area (Å²) in [5.74, 6) is -0.394. The maximum absolute atomic E-state index is 12.1. The second-order valence-corrected chi connectivity index (χ2v) is 5.06. The van der Waals surface area contributed by atoms with Crippen molar-refractivity contribution in [2.45, 2.75) is 13.5 Å². The number of hydrogen-bond acceptors (Lipinski definition) is 3. The Morgan fingerprint density at radius 2 is 2.00 bits per heavy atom. The summed E-state index contributed by atoms with van der Waals surface area (Å²) in [7, 11) is 0. The Morgan fingerprint density at radius 1 is 1.18 bits per heavy atom. The average molecular weight is 293 g/mol. The molecule has 0 bridgehead atoms. The molecule has 0 saturated carbocycles. The number of aromatic amines is 1. The van der Waals surface area contributed by atoms with Gasteiger partial charge in [-0.15, -0.1) is 0 Å². The number of carbonyl (C=O) groups is 1. The van der Waals surface area contributed by atoms with Crippen LogP contribution in [0.1, 0.15) is 21.6 Å². The molecular weight excluding hydrogens is 278 g/mol. The molecule has 2 heterocycles. The average Bonchev–Trinajstić information content (AvgIpc) is 2.52. The second-order valence-electron chi connectivity index (χ2n) is 5.06. The molecule has 22 heavy (non-hydrogen) atoms. The number of fused-ring (bicyclic) bond motifs is 1. The van der Waals surface area contributed by atoms with Crippen molar-refractivity contribution in [3.05, 3.63) is 75.8 Å². The van der Waals surface area contributed by atoms with Crippen LogP contribution in [0.15, 0.2) is 53.5 Å². The third kappa shape index (κ3) is 2.74. The number of pyridine rings is 2. The van der Waals surface area contributed by atoms with E-state index in [0.717, 1.165) is 22.2 Å². The molecule has 110 valence electrons. The highest BCUT2D eigenvalue weighted by Gasteiger charge is 2.10. The van der Waals surface area contributed by atoms with E-state index in [4.69, 9.17) is 0 Å². The molecule has 2 N–H and O–H groups in total. The lowest BCUT2D eigenvalue weighted by molar-refractivity contribution is 0.0949. The molecule has 0 aliphatic heterocycles. The zero-order chi connectivity index (χ0) is 15.5. The van der Waals surface area contributed by atoms with Gasteiger partial charge in [0.05, 0.1) is 5.52 Å². The van der Waals surface area contributed by atoms with Crippen LogP contribution in [0.25, 0.3) is 10.9 Å². The minimum Gasteiger partial charge on any atom is -0.348 e. The predicted octanol–water partition coefficient (Wildman–Crippen LogP) is 2.16. The molecule has 0 radical (unpaired) electrons. The smallest absolute Gasteiger partial charge is 0.260 e. The Morgan fingerprint density at radius 3 is 2.82 bits per heavy atom. The predicted molar refractivity (Wildman–Crippen MR) is 84.7 cm³/mol. The van der Waals surface area contributed by atoms with Crippen LogP contribution in [-0.4, -0.2) is 15.9 Å². The van der Waals surface area contributed by atoms with Gasteiger partial charge in [0.1, 0.15) is 5.56 Å². The Labute approximate surface area is 127 Å². The van der Waals surface area contributed by atoms with Gasteiger partial charge < -0.3 is 10.3 Å². The zero-order valence-corrected chi connectivity index (χ0v) is 12.1. The summed E-state index contributed by atoms with van der Waals surface area (Å²) < 4.78 is 0. The molecular formula is C17H15N3O2. The Balaban J connectivity index is 1.82. The first kappa shape index (κ1) is 14.0. The van der Waals surface area contributed by atoms with Gasteiger partial charge in [0.2, 0.25) is 0 Å². The monoisotopic (exact) mass is 293 g/mol. The number of rotatable bonds is 3. The van der Waals surface area contributed by atoms with Crippen molar-refractivity contribution in [3.8, 4) is 0 Å². The SMILES string of the molecule is Cc1ccc(C(=O)NCc2cccc3cccnc23)c(=O)[nH]1. The molecule has 0 atom stereocenters. The first-order valence-corrected chi connectivity index (χ1v) is 6.96. The molecule has 1 amide bonds. The number of nitrogens with one attached hydrogen (secondary N) is 2. The van der Waals surface area contributed by atoms with Crippen molar-refractivity contribution in [1.29, 1.82) is 0 Å². The van der Waals surface area contributed by atoms with Crippen molar-refractivity contribution < 1.29 is 4.79 Å². The lowest BCUT2D eigenvalue weighted by Crippen LogP contribution is -2.29. The van der Waals surface area contributed by atoms with E-state index >= 15 is 0 Å². The van der Waals surface area contributed by atoms with Crippen LogP contribution >= 0.6 is 0 Å². The molecule has 5 nitrogen and oxygen atoms in total. The zero-order valence-electron chi connectivity index (χ0n) is 12.1. The number of hydrogen-bond donors (Lipinski definition) is 2. The fourth-order valence-corrected chi connectivity index (χ4v) is 2.33. The van der Waals surface area contributed by atoms with Crippen molar-refractivity contribution in [1.82, 2.24) is 15.3 Å².